The Hall–Kier alpha value is -2.56. The van der Waals surface area contributed by atoms with E-state index in [0.29, 0.717) is 11.6 Å². The summed E-state index contributed by atoms with van der Waals surface area (Å²) >= 11 is 6.28. The number of fused-ring (bicyclic) bond motifs is 4. The summed E-state index contributed by atoms with van der Waals surface area (Å²) in [6, 6.07) is 14.3. The van der Waals surface area contributed by atoms with Gasteiger partial charge in [0.15, 0.2) is 0 Å². The van der Waals surface area contributed by atoms with Crippen molar-refractivity contribution in [3.63, 3.8) is 0 Å². The Bertz CT molecular complexity index is 1170. The van der Waals surface area contributed by atoms with Gasteiger partial charge in [-0.1, -0.05) is 23.7 Å². The SMILES string of the molecule is Clc1ccc(OCCCc2cccc3[nH]c4c(c23)CCNCC4)c2ncccc12. The average molecular weight is 406 g/mol. The number of benzene rings is 2. The monoisotopic (exact) mass is 405 g/mol. The van der Waals surface area contributed by atoms with E-state index in [2.05, 4.69) is 33.5 Å². The number of aryl methyl sites for hydroxylation is 1. The van der Waals surface area contributed by atoms with Crippen LogP contribution in [0.5, 0.6) is 5.75 Å². The molecule has 2 aromatic heterocycles. The topological polar surface area (TPSA) is 49.9 Å². The Kier molecular flexibility index (Phi) is 5.13. The molecule has 0 unspecified atom stereocenters. The van der Waals surface area contributed by atoms with E-state index in [1.54, 1.807) is 6.20 Å². The first-order valence-electron chi connectivity index (χ1n) is 10.3. The maximum atomic E-state index is 6.28. The van der Waals surface area contributed by atoms with Gasteiger partial charge in [0.2, 0.25) is 0 Å². The van der Waals surface area contributed by atoms with Crippen LogP contribution in [0.15, 0.2) is 48.7 Å². The lowest BCUT2D eigenvalue weighted by atomic mass is 9.99. The molecule has 0 fully saturated rings. The molecule has 0 saturated heterocycles. The summed E-state index contributed by atoms with van der Waals surface area (Å²) in [6.45, 7) is 2.75. The van der Waals surface area contributed by atoms with Crippen LogP contribution >= 0.6 is 11.6 Å². The lowest BCUT2D eigenvalue weighted by Crippen LogP contribution is -2.16. The van der Waals surface area contributed by atoms with Gasteiger partial charge in [-0.05, 0) is 67.3 Å². The third-order valence-corrected chi connectivity index (χ3v) is 6.06. The highest BCUT2D eigenvalue weighted by molar-refractivity contribution is 6.35. The molecule has 5 heteroatoms. The van der Waals surface area contributed by atoms with E-state index in [0.717, 1.165) is 55.4 Å². The molecule has 148 valence electrons. The lowest BCUT2D eigenvalue weighted by molar-refractivity contribution is 0.314. The molecule has 0 atom stereocenters. The number of aromatic amines is 1. The number of nitrogens with zero attached hydrogens (tertiary/aromatic N) is 1. The van der Waals surface area contributed by atoms with Crippen molar-refractivity contribution >= 4 is 33.4 Å². The molecule has 3 heterocycles. The van der Waals surface area contributed by atoms with Crippen molar-refractivity contribution in [2.75, 3.05) is 19.7 Å². The fourth-order valence-electron chi connectivity index (χ4n) is 4.37. The van der Waals surface area contributed by atoms with E-state index in [9.17, 15) is 0 Å². The molecule has 4 nitrogen and oxygen atoms in total. The molecule has 0 spiro atoms. The van der Waals surface area contributed by atoms with Gasteiger partial charge in [-0.3, -0.25) is 4.98 Å². The molecule has 4 aromatic rings. The minimum Gasteiger partial charge on any atom is -0.491 e. The highest BCUT2D eigenvalue weighted by Gasteiger charge is 2.16. The predicted octanol–water partition coefficient (Wildman–Crippen LogP) is 5.07. The first-order chi connectivity index (χ1) is 14.3. The number of H-pyrrole nitrogens is 1. The second-order valence-corrected chi connectivity index (χ2v) is 7.98. The van der Waals surface area contributed by atoms with E-state index in [1.165, 1.54) is 27.7 Å². The van der Waals surface area contributed by atoms with Gasteiger partial charge in [0.25, 0.3) is 0 Å². The van der Waals surface area contributed by atoms with E-state index < -0.39 is 0 Å². The highest BCUT2D eigenvalue weighted by atomic mass is 35.5. The van der Waals surface area contributed by atoms with Crippen LogP contribution in [0.25, 0.3) is 21.8 Å². The van der Waals surface area contributed by atoms with Gasteiger partial charge < -0.3 is 15.0 Å². The summed E-state index contributed by atoms with van der Waals surface area (Å²) in [6.07, 6.45) is 5.88. The maximum absolute atomic E-state index is 6.28. The normalized spacial score (nSPS) is 14.1. The maximum Gasteiger partial charge on any atom is 0.145 e. The van der Waals surface area contributed by atoms with Gasteiger partial charge in [0.05, 0.1) is 11.6 Å². The number of aromatic nitrogens is 2. The van der Waals surface area contributed by atoms with Crippen LogP contribution in [-0.4, -0.2) is 29.7 Å². The highest BCUT2D eigenvalue weighted by Crippen LogP contribution is 2.31. The first-order valence-corrected chi connectivity index (χ1v) is 10.7. The van der Waals surface area contributed by atoms with Crippen LogP contribution < -0.4 is 10.1 Å². The van der Waals surface area contributed by atoms with Gasteiger partial charge >= 0.3 is 0 Å². The number of hydrogen-bond acceptors (Lipinski definition) is 3. The van der Waals surface area contributed by atoms with E-state index in [4.69, 9.17) is 16.3 Å². The van der Waals surface area contributed by atoms with Crippen molar-refractivity contribution < 1.29 is 4.74 Å². The van der Waals surface area contributed by atoms with Crippen molar-refractivity contribution in [2.24, 2.45) is 0 Å². The molecule has 5 rings (SSSR count). The van der Waals surface area contributed by atoms with Crippen molar-refractivity contribution in [2.45, 2.75) is 25.7 Å². The van der Waals surface area contributed by atoms with Crippen molar-refractivity contribution in [3.05, 3.63) is 70.5 Å². The Morgan fingerprint density at radius 3 is 2.93 bits per heavy atom. The molecule has 0 bridgehead atoms. The minimum atomic E-state index is 0.651. The van der Waals surface area contributed by atoms with Crippen LogP contribution in [0.3, 0.4) is 0 Å². The van der Waals surface area contributed by atoms with E-state index >= 15 is 0 Å². The fourth-order valence-corrected chi connectivity index (χ4v) is 4.59. The molecule has 0 amide bonds. The predicted molar refractivity (Wildman–Crippen MR) is 119 cm³/mol. The quantitative estimate of drug-likeness (QED) is 0.456. The van der Waals surface area contributed by atoms with E-state index in [1.807, 2.05) is 24.3 Å². The summed E-state index contributed by atoms with van der Waals surface area (Å²) < 4.78 is 6.08. The van der Waals surface area contributed by atoms with Gasteiger partial charge in [0.1, 0.15) is 11.3 Å². The molecule has 1 aliphatic heterocycles. The number of ether oxygens (including phenoxy) is 1. The molecule has 2 N–H and O–H groups in total. The Morgan fingerprint density at radius 1 is 1.03 bits per heavy atom. The lowest BCUT2D eigenvalue weighted by Gasteiger charge is -2.10. The third-order valence-electron chi connectivity index (χ3n) is 5.73. The summed E-state index contributed by atoms with van der Waals surface area (Å²) in [4.78, 5) is 8.10. The van der Waals surface area contributed by atoms with Crippen LogP contribution in [0.1, 0.15) is 23.2 Å². The summed E-state index contributed by atoms with van der Waals surface area (Å²) in [5, 5.41) is 6.55. The van der Waals surface area contributed by atoms with Crippen LogP contribution in [0, 0.1) is 0 Å². The zero-order valence-electron chi connectivity index (χ0n) is 16.3. The second kappa shape index (κ2) is 8.05. The van der Waals surface area contributed by atoms with Gasteiger partial charge in [-0.25, -0.2) is 0 Å². The molecule has 29 heavy (non-hydrogen) atoms. The summed E-state index contributed by atoms with van der Waals surface area (Å²) in [5.41, 5.74) is 6.39. The molecule has 2 aromatic carbocycles. The fraction of sp³-hybridized carbons (Fsp3) is 0.292. The van der Waals surface area contributed by atoms with Crippen molar-refractivity contribution in [1.29, 1.82) is 0 Å². The number of rotatable bonds is 5. The standard InChI is InChI=1S/C24H24ClN3O/c25-19-8-9-22(24-17(19)6-2-12-27-24)29-15-3-5-16-4-1-7-21-23(16)18-10-13-26-14-11-20(18)28-21/h1-2,4,6-9,12,26,28H,3,5,10-11,13-15H2. The smallest absolute Gasteiger partial charge is 0.145 e. The van der Waals surface area contributed by atoms with Crippen molar-refractivity contribution in [3.8, 4) is 5.75 Å². The van der Waals surface area contributed by atoms with Crippen molar-refractivity contribution in [1.82, 2.24) is 15.3 Å². The Labute approximate surface area is 175 Å². The van der Waals surface area contributed by atoms with Crippen LogP contribution in [-0.2, 0) is 19.3 Å². The zero-order valence-corrected chi connectivity index (χ0v) is 17.1. The molecule has 1 aliphatic rings. The van der Waals surface area contributed by atoms with Gasteiger partial charge in [-0.2, -0.15) is 0 Å². The Balaban J connectivity index is 1.32. The van der Waals surface area contributed by atoms with Crippen LogP contribution in [0.2, 0.25) is 5.02 Å². The minimum absolute atomic E-state index is 0.651. The van der Waals surface area contributed by atoms with Crippen LogP contribution in [0.4, 0.5) is 0 Å². The molecular formula is C24H24ClN3O. The Morgan fingerprint density at radius 2 is 1.97 bits per heavy atom. The largest absolute Gasteiger partial charge is 0.491 e. The van der Waals surface area contributed by atoms with Gasteiger partial charge in [-0.15, -0.1) is 0 Å². The number of halogens is 1. The average Bonchev–Trinajstić information content (AvgIpc) is 2.95. The van der Waals surface area contributed by atoms with Gasteiger partial charge in [0, 0.05) is 41.1 Å². The summed E-state index contributed by atoms with van der Waals surface area (Å²) in [5.74, 6) is 0.796. The molecular weight excluding hydrogens is 382 g/mol. The number of pyridine rings is 1. The second-order valence-electron chi connectivity index (χ2n) is 7.57. The molecule has 0 saturated carbocycles. The number of hydrogen-bond donors (Lipinski definition) is 2. The molecule has 0 aliphatic carbocycles. The first kappa shape index (κ1) is 18.5. The van der Waals surface area contributed by atoms with E-state index in [-0.39, 0.29) is 0 Å². The zero-order chi connectivity index (χ0) is 19.6. The number of nitrogens with one attached hydrogen (secondary N) is 2. The summed E-state index contributed by atoms with van der Waals surface area (Å²) in [7, 11) is 0. The third kappa shape index (κ3) is 3.59. The molecule has 0 radical (unpaired) electrons.